The highest BCUT2D eigenvalue weighted by Gasteiger charge is 2.44. The first-order valence-electron chi connectivity index (χ1n) is 6.65. The van der Waals surface area contributed by atoms with Crippen molar-refractivity contribution in [2.75, 3.05) is 19.8 Å². The topological polar surface area (TPSA) is 53.7 Å². The van der Waals surface area contributed by atoms with Crippen molar-refractivity contribution >= 4 is 12.6 Å². The molecule has 4 rings (SSSR count). The normalized spacial score (nSPS) is 25.6. The molecule has 1 fully saturated rings. The monoisotopic (exact) mass is 245 g/mol. The number of rotatable bonds is 2. The lowest BCUT2D eigenvalue weighted by molar-refractivity contribution is 0.147. The molecule has 3 aliphatic rings. The molecule has 18 heavy (non-hydrogen) atoms. The summed E-state index contributed by atoms with van der Waals surface area (Å²) in [6.45, 7) is 1.65. The maximum atomic E-state index is 5.93. The van der Waals surface area contributed by atoms with Gasteiger partial charge in [0.15, 0.2) is 0 Å². The van der Waals surface area contributed by atoms with E-state index in [-0.39, 0.29) is 13.2 Å². The van der Waals surface area contributed by atoms with Gasteiger partial charge in [-0.1, -0.05) is 6.07 Å². The van der Waals surface area contributed by atoms with Crippen LogP contribution in [0.4, 0.5) is 0 Å². The van der Waals surface area contributed by atoms with Crippen molar-refractivity contribution in [3.63, 3.8) is 0 Å². The van der Waals surface area contributed by atoms with E-state index in [1.807, 2.05) is 0 Å². The van der Waals surface area contributed by atoms with Gasteiger partial charge in [0.05, 0.1) is 12.7 Å². The summed E-state index contributed by atoms with van der Waals surface area (Å²) < 4.78 is 17.4. The zero-order valence-electron chi connectivity index (χ0n) is 10.2. The maximum absolute atomic E-state index is 5.93. The molecular formula is C13H16BNO3. The first-order chi connectivity index (χ1) is 8.88. The summed E-state index contributed by atoms with van der Waals surface area (Å²) in [6.07, 6.45) is 2.51. The molecule has 1 aromatic rings. The average Bonchev–Trinajstić information content (AvgIpc) is 3.18. The SMILES string of the molecule is NC[C@H]1OB2OCCOc3ccc(C4CC4)c1c32. The van der Waals surface area contributed by atoms with Gasteiger partial charge in [0.1, 0.15) is 12.4 Å². The summed E-state index contributed by atoms with van der Waals surface area (Å²) in [5, 5.41) is 0. The Morgan fingerprint density at radius 3 is 2.94 bits per heavy atom. The van der Waals surface area contributed by atoms with Crippen LogP contribution in [-0.4, -0.2) is 26.9 Å². The van der Waals surface area contributed by atoms with E-state index in [9.17, 15) is 0 Å². The maximum Gasteiger partial charge on any atom is 0.498 e. The Hall–Kier alpha value is -1.04. The van der Waals surface area contributed by atoms with E-state index >= 15 is 0 Å². The molecule has 0 aromatic heterocycles. The van der Waals surface area contributed by atoms with Gasteiger partial charge in [-0.05, 0) is 36.0 Å². The molecule has 0 radical (unpaired) electrons. The summed E-state index contributed by atoms with van der Waals surface area (Å²) in [7, 11) is -0.287. The highest BCUT2D eigenvalue weighted by Crippen LogP contribution is 2.45. The van der Waals surface area contributed by atoms with E-state index in [4.69, 9.17) is 19.8 Å². The molecule has 0 unspecified atom stereocenters. The molecule has 94 valence electrons. The van der Waals surface area contributed by atoms with E-state index in [1.54, 1.807) is 0 Å². The quantitative estimate of drug-likeness (QED) is 0.779. The van der Waals surface area contributed by atoms with Gasteiger partial charge in [0.2, 0.25) is 0 Å². The molecule has 4 nitrogen and oxygen atoms in total. The third-order valence-corrected chi connectivity index (χ3v) is 3.97. The van der Waals surface area contributed by atoms with Gasteiger partial charge in [-0.2, -0.15) is 0 Å². The summed E-state index contributed by atoms with van der Waals surface area (Å²) in [6, 6.07) is 4.25. The van der Waals surface area contributed by atoms with Gasteiger partial charge in [0, 0.05) is 12.0 Å². The summed E-state index contributed by atoms with van der Waals surface area (Å²) in [5.41, 5.74) is 9.56. The molecule has 1 aromatic carbocycles. The van der Waals surface area contributed by atoms with Gasteiger partial charge < -0.3 is 19.8 Å². The van der Waals surface area contributed by atoms with Crippen molar-refractivity contribution in [3.8, 4) is 5.75 Å². The van der Waals surface area contributed by atoms with Crippen LogP contribution >= 0.6 is 0 Å². The van der Waals surface area contributed by atoms with E-state index in [0.29, 0.717) is 25.7 Å². The van der Waals surface area contributed by atoms with Crippen molar-refractivity contribution in [2.45, 2.75) is 24.9 Å². The second kappa shape index (κ2) is 3.98. The van der Waals surface area contributed by atoms with Crippen LogP contribution in [0.5, 0.6) is 5.75 Å². The first kappa shape index (κ1) is 10.8. The van der Waals surface area contributed by atoms with Crippen LogP contribution in [0.15, 0.2) is 12.1 Å². The Labute approximate surface area is 107 Å². The molecular weight excluding hydrogens is 229 g/mol. The number of ether oxygens (including phenoxy) is 1. The summed E-state index contributed by atoms with van der Waals surface area (Å²) in [5.74, 6) is 1.60. The molecule has 5 heteroatoms. The van der Waals surface area contributed by atoms with Gasteiger partial charge >= 0.3 is 7.12 Å². The zero-order valence-corrected chi connectivity index (χ0v) is 10.2. The Morgan fingerprint density at radius 2 is 2.17 bits per heavy atom. The number of benzene rings is 1. The van der Waals surface area contributed by atoms with Crippen LogP contribution < -0.4 is 15.9 Å². The lowest BCUT2D eigenvalue weighted by atomic mass is 9.76. The highest BCUT2D eigenvalue weighted by molar-refractivity contribution is 6.64. The Morgan fingerprint density at radius 1 is 1.28 bits per heavy atom. The minimum atomic E-state index is -0.287. The second-order valence-electron chi connectivity index (χ2n) is 5.17. The lowest BCUT2D eigenvalue weighted by Gasteiger charge is -2.15. The van der Waals surface area contributed by atoms with Gasteiger partial charge in [-0.3, -0.25) is 0 Å². The molecule has 2 aliphatic heterocycles. The van der Waals surface area contributed by atoms with Gasteiger partial charge in [0.25, 0.3) is 0 Å². The second-order valence-corrected chi connectivity index (χ2v) is 5.17. The van der Waals surface area contributed by atoms with Crippen molar-refractivity contribution < 1.29 is 14.0 Å². The molecule has 0 spiro atoms. The lowest BCUT2D eigenvalue weighted by Crippen LogP contribution is -2.31. The van der Waals surface area contributed by atoms with Crippen LogP contribution in [0, 0.1) is 0 Å². The van der Waals surface area contributed by atoms with Crippen molar-refractivity contribution in [1.29, 1.82) is 0 Å². The van der Waals surface area contributed by atoms with Crippen LogP contribution in [0.3, 0.4) is 0 Å². The zero-order chi connectivity index (χ0) is 12.1. The van der Waals surface area contributed by atoms with E-state index in [0.717, 1.165) is 11.2 Å². The largest absolute Gasteiger partial charge is 0.498 e. The fraction of sp³-hybridized carbons (Fsp3) is 0.538. The van der Waals surface area contributed by atoms with E-state index < -0.39 is 0 Å². The number of nitrogens with two attached hydrogens (primary N) is 1. The van der Waals surface area contributed by atoms with Gasteiger partial charge in [-0.15, -0.1) is 0 Å². The summed E-state index contributed by atoms with van der Waals surface area (Å²) >= 11 is 0. The van der Waals surface area contributed by atoms with Crippen LogP contribution in [0.25, 0.3) is 0 Å². The molecule has 2 N–H and O–H groups in total. The van der Waals surface area contributed by atoms with Crippen molar-refractivity contribution in [2.24, 2.45) is 5.73 Å². The minimum absolute atomic E-state index is 0.0396. The van der Waals surface area contributed by atoms with Crippen LogP contribution in [-0.2, 0) is 9.31 Å². The average molecular weight is 245 g/mol. The third-order valence-electron chi connectivity index (χ3n) is 3.97. The Balaban J connectivity index is 1.90. The molecule has 0 saturated heterocycles. The number of hydrogen-bond acceptors (Lipinski definition) is 4. The van der Waals surface area contributed by atoms with Gasteiger partial charge in [-0.25, -0.2) is 0 Å². The fourth-order valence-corrected chi connectivity index (χ4v) is 3.00. The first-order valence-corrected chi connectivity index (χ1v) is 6.65. The smallest absolute Gasteiger partial charge is 0.492 e. The molecule has 0 amide bonds. The third kappa shape index (κ3) is 1.51. The number of hydrogen-bond donors (Lipinski definition) is 1. The molecule has 1 aliphatic carbocycles. The Kier molecular flexibility index (Phi) is 2.40. The van der Waals surface area contributed by atoms with E-state index in [2.05, 4.69) is 12.1 Å². The van der Waals surface area contributed by atoms with Crippen molar-refractivity contribution in [3.05, 3.63) is 23.3 Å². The Bertz CT molecular complexity index is 489. The summed E-state index contributed by atoms with van der Waals surface area (Å²) in [4.78, 5) is 0. The predicted octanol–water partition coefficient (Wildman–Crippen LogP) is 0.698. The van der Waals surface area contributed by atoms with E-state index in [1.165, 1.54) is 24.0 Å². The highest BCUT2D eigenvalue weighted by atomic mass is 16.6. The predicted molar refractivity (Wildman–Crippen MR) is 68.1 cm³/mol. The minimum Gasteiger partial charge on any atom is -0.492 e. The standard InChI is InChI=1S/C13H16BNO3/c15-7-11-12-9(8-1-2-8)3-4-10-13(12)14(18-11)17-6-5-16-10/h3-4,8,11H,1-2,5-7,15H2/t11-/m1/s1. The molecule has 1 saturated carbocycles. The van der Waals surface area contributed by atoms with Crippen molar-refractivity contribution in [1.82, 2.24) is 0 Å². The molecule has 2 heterocycles. The molecule has 1 atom stereocenters. The molecule has 0 bridgehead atoms. The van der Waals surface area contributed by atoms with Crippen LogP contribution in [0.2, 0.25) is 0 Å². The van der Waals surface area contributed by atoms with Crippen LogP contribution in [0.1, 0.15) is 36.0 Å². The fourth-order valence-electron chi connectivity index (χ4n) is 3.00.